The van der Waals surface area contributed by atoms with Crippen LogP contribution in [0.2, 0.25) is 0 Å². The molecule has 39 heavy (non-hydrogen) atoms. The fourth-order valence-electron chi connectivity index (χ4n) is 5.48. The molecule has 0 saturated carbocycles. The van der Waals surface area contributed by atoms with Crippen LogP contribution in [0.1, 0.15) is 62.3 Å². The summed E-state index contributed by atoms with van der Waals surface area (Å²) in [5.41, 5.74) is 2.87. The smallest absolute Gasteiger partial charge is 0.336 e. The summed E-state index contributed by atoms with van der Waals surface area (Å²) in [6, 6.07) is 9.22. The van der Waals surface area contributed by atoms with E-state index in [9.17, 15) is 14.4 Å². The summed E-state index contributed by atoms with van der Waals surface area (Å²) in [5, 5.41) is 5.38. The van der Waals surface area contributed by atoms with Crippen LogP contribution in [-0.2, 0) is 23.9 Å². The van der Waals surface area contributed by atoms with Crippen molar-refractivity contribution in [2.45, 2.75) is 51.9 Å². The number of carbonyl (C=O) groups excluding carboxylic acids is 3. The molecule has 0 fully saturated rings. The molecule has 0 bridgehead atoms. The van der Waals surface area contributed by atoms with Gasteiger partial charge in [-0.1, -0.05) is 25.5 Å². The quantitative estimate of drug-likeness (QED) is 0.314. The Morgan fingerprint density at radius 1 is 1.03 bits per heavy atom. The highest BCUT2D eigenvalue weighted by Crippen LogP contribution is 2.50. The van der Waals surface area contributed by atoms with E-state index in [0.717, 1.165) is 22.7 Å². The fourth-order valence-corrected chi connectivity index (χ4v) is 6.35. The molecule has 0 saturated heterocycles. The molecule has 2 heterocycles. The van der Waals surface area contributed by atoms with Crippen molar-refractivity contribution in [1.29, 1.82) is 0 Å². The van der Waals surface area contributed by atoms with Gasteiger partial charge in [-0.2, -0.15) is 0 Å². The van der Waals surface area contributed by atoms with Crippen LogP contribution >= 0.6 is 11.3 Å². The Hall–Kier alpha value is -3.59. The van der Waals surface area contributed by atoms with Crippen molar-refractivity contribution in [2.24, 2.45) is 5.92 Å². The van der Waals surface area contributed by atoms with Crippen LogP contribution in [0.15, 0.2) is 58.3 Å². The lowest BCUT2D eigenvalue weighted by molar-refractivity contribution is -0.152. The summed E-state index contributed by atoms with van der Waals surface area (Å²) in [5.74, 6) is -2.56. The van der Waals surface area contributed by atoms with Gasteiger partial charge in [-0.3, -0.25) is 9.59 Å². The molecule has 3 atom stereocenters. The van der Waals surface area contributed by atoms with Gasteiger partial charge < -0.3 is 24.3 Å². The van der Waals surface area contributed by atoms with Crippen LogP contribution in [0.3, 0.4) is 0 Å². The van der Waals surface area contributed by atoms with Crippen LogP contribution in [0, 0.1) is 5.92 Å². The fraction of sp³-hybridized carbons (Fsp3) is 0.433. The monoisotopic (exact) mass is 553 g/mol. The Bertz CT molecular complexity index is 1290. The van der Waals surface area contributed by atoms with Crippen LogP contribution in [-0.4, -0.2) is 45.2 Å². The van der Waals surface area contributed by atoms with E-state index in [0.29, 0.717) is 41.1 Å². The molecule has 1 N–H and O–H groups in total. The highest BCUT2D eigenvalue weighted by molar-refractivity contribution is 7.10. The molecule has 1 aromatic carbocycles. The molecule has 4 rings (SSSR count). The van der Waals surface area contributed by atoms with Gasteiger partial charge in [0.15, 0.2) is 17.3 Å². The lowest BCUT2D eigenvalue weighted by atomic mass is 9.68. The number of Topliss-reactive ketones (excluding diaryl/α,β-unsaturated/α-hetero) is 1. The van der Waals surface area contributed by atoms with Gasteiger partial charge >= 0.3 is 11.9 Å². The van der Waals surface area contributed by atoms with Gasteiger partial charge in [0.25, 0.3) is 0 Å². The van der Waals surface area contributed by atoms with E-state index >= 15 is 0 Å². The summed E-state index contributed by atoms with van der Waals surface area (Å²) < 4.78 is 21.9. The number of allylic oxidation sites excluding steroid dienone is 3. The van der Waals surface area contributed by atoms with Crippen molar-refractivity contribution in [3.05, 3.63) is 68.7 Å². The first kappa shape index (κ1) is 28.4. The maximum atomic E-state index is 14.4. The molecular formula is C30H35NO7S. The predicted molar refractivity (Wildman–Crippen MR) is 148 cm³/mol. The Kier molecular flexibility index (Phi) is 9.12. The number of methoxy groups -OCH3 is 2. The predicted octanol–water partition coefficient (Wildman–Crippen LogP) is 5.26. The van der Waals surface area contributed by atoms with Crippen molar-refractivity contribution < 1.29 is 33.3 Å². The van der Waals surface area contributed by atoms with Crippen LogP contribution in [0.5, 0.6) is 11.5 Å². The van der Waals surface area contributed by atoms with Gasteiger partial charge in [-0.05, 0) is 55.8 Å². The second-order valence-corrected chi connectivity index (χ2v) is 10.3. The SMILES string of the molecule is CCCC1=C(C(=O)OCC)C(c2ccc(OC)c(OC)c2)C2=C(CC(c3cccs3)C(C(=O)OCC)C2=O)N1. The zero-order valence-electron chi connectivity index (χ0n) is 23.0. The molecule has 1 aliphatic carbocycles. The third-order valence-electron chi connectivity index (χ3n) is 7.09. The minimum absolute atomic E-state index is 0.164. The van der Waals surface area contributed by atoms with Crippen LogP contribution in [0.25, 0.3) is 0 Å². The first-order valence-electron chi connectivity index (χ1n) is 13.3. The van der Waals surface area contributed by atoms with E-state index in [-0.39, 0.29) is 24.9 Å². The number of rotatable bonds is 10. The summed E-state index contributed by atoms with van der Waals surface area (Å²) in [6.45, 7) is 5.86. The van der Waals surface area contributed by atoms with Crippen molar-refractivity contribution in [2.75, 3.05) is 27.4 Å². The van der Waals surface area contributed by atoms with Crippen molar-refractivity contribution in [3.63, 3.8) is 0 Å². The summed E-state index contributed by atoms with van der Waals surface area (Å²) in [4.78, 5) is 42.1. The Balaban J connectivity index is 1.95. The first-order valence-corrected chi connectivity index (χ1v) is 14.1. The van der Waals surface area contributed by atoms with Crippen molar-refractivity contribution in [1.82, 2.24) is 5.32 Å². The standard InChI is InChI=1S/C30H35NO7S/c1-6-10-19-27(30(34)38-8-3)24(17-12-13-21(35-4)22(15-17)36-5)26-20(31-19)16-18(23-11-9-14-39-23)25(28(26)32)29(33)37-7-2/h9,11-15,18,24-25,31H,6-8,10,16H2,1-5H3. The molecule has 2 aliphatic rings. The highest BCUT2D eigenvalue weighted by Gasteiger charge is 2.49. The average Bonchev–Trinajstić information content (AvgIpc) is 3.47. The molecule has 8 nitrogen and oxygen atoms in total. The molecule has 9 heteroatoms. The van der Waals surface area contributed by atoms with E-state index < -0.39 is 23.8 Å². The van der Waals surface area contributed by atoms with Gasteiger partial charge in [0, 0.05) is 33.7 Å². The molecule has 2 aromatic rings. The number of thiophene rings is 1. The number of hydrogen-bond acceptors (Lipinski definition) is 9. The number of ketones is 1. The van der Waals surface area contributed by atoms with Crippen LogP contribution in [0.4, 0.5) is 0 Å². The molecular weight excluding hydrogens is 518 g/mol. The lowest BCUT2D eigenvalue weighted by Gasteiger charge is -2.39. The van der Waals surface area contributed by atoms with Gasteiger partial charge in [0.2, 0.25) is 0 Å². The Morgan fingerprint density at radius 2 is 1.77 bits per heavy atom. The second kappa shape index (κ2) is 12.5. The average molecular weight is 554 g/mol. The van der Waals surface area contributed by atoms with E-state index in [2.05, 4.69) is 5.32 Å². The minimum atomic E-state index is -1.03. The van der Waals surface area contributed by atoms with E-state index in [1.165, 1.54) is 18.4 Å². The number of benzene rings is 1. The molecule has 1 aromatic heterocycles. The lowest BCUT2D eigenvalue weighted by Crippen LogP contribution is -2.43. The van der Waals surface area contributed by atoms with E-state index in [1.807, 2.05) is 30.5 Å². The van der Waals surface area contributed by atoms with Gasteiger partial charge in [0.1, 0.15) is 5.92 Å². The number of ether oxygens (including phenoxy) is 4. The highest BCUT2D eigenvalue weighted by atomic mass is 32.1. The maximum Gasteiger partial charge on any atom is 0.336 e. The molecule has 3 unspecified atom stereocenters. The molecule has 0 radical (unpaired) electrons. The minimum Gasteiger partial charge on any atom is -0.493 e. The summed E-state index contributed by atoms with van der Waals surface area (Å²) >= 11 is 1.51. The molecule has 0 amide bonds. The number of esters is 2. The summed E-state index contributed by atoms with van der Waals surface area (Å²) in [7, 11) is 3.08. The number of carbonyl (C=O) groups is 3. The van der Waals surface area contributed by atoms with Crippen molar-refractivity contribution >= 4 is 29.1 Å². The number of hydrogen-bond donors (Lipinski definition) is 1. The first-order chi connectivity index (χ1) is 18.9. The third kappa shape index (κ3) is 5.45. The molecule has 1 aliphatic heterocycles. The largest absolute Gasteiger partial charge is 0.493 e. The van der Waals surface area contributed by atoms with Gasteiger partial charge in [-0.25, -0.2) is 4.79 Å². The summed E-state index contributed by atoms with van der Waals surface area (Å²) in [6.07, 6.45) is 1.80. The third-order valence-corrected chi connectivity index (χ3v) is 8.09. The molecule has 0 spiro atoms. The van der Waals surface area contributed by atoms with Crippen molar-refractivity contribution in [3.8, 4) is 11.5 Å². The van der Waals surface area contributed by atoms with Gasteiger partial charge in [-0.15, -0.1) is 11.3 Å². The van der Waals surface area contributed by atoms with Crippen LogP contribution < -0.4 is 14.8 Å². The normalized spacial score (nSPS) is 20.7. The van der Waals surface area contributed by atoms with Gasteiger partial charge in [0.05, 0.1) is 33.0 Å². The number of nitrogens with one attached hydrogen (secondary N) is 1. The second-order valence-electron chi connectivity index (χ2n) is 9.35. The zero-order chi connectivity index (χ0) is 28.1. The number of dihydropyridines is 1. The maximum absolute atomic E-state index is 14.4. The molecule has 208 valence electrons. The topological polar surface area (TPSA) is 100 Å². The Morgan fingerprint density at radius 3 is 2.38 bits per heavy atom. The van der Waals surface area contributed by atoms with E-state index in [4.69, 9.17) is 18.9 Å². The zero-order valence-corrected chi connectivity index (χ0v) is 23.8. The Labute approximate surface area is 233 Å². The van der Waals surface area contributed by atoms with E-state index in [1.54, 1.807) is 33.1 Å².